The summed E-state index contributed by atoms with van der Waals surface area (Å²) in [6.07, 6.45) is 2.01. The Balaban J connectivity index is 1.69. The lowest BCUT2D eigenvalue weighted by Crippen LogP contribution is -2.36. The van der Waals surface area contributed by atoms with Crippen molar-refractivity contribution in [2.45, 2.75) is 17.7 Å². The van der Waals surface area contributed by atoms with Gasteiger partial charge in [-0.05, 0) is 44.0 Å². The van der Waals surface area contributed by atoms with Crippen molar-refractivity contribution in [1.82, 2.24) is 10.0 Å². The van der Waals surface area contributed by atoms with Crippen molar-refractivity contribution < 1.29 is 17.9 Å². The quantitative estimate of drug-likeness (QED) is 0.857. The highest BCUT2D eigenvalue weighted by Crippen LogP contribution is 2.32. The van der Waals surface area contributed by atoms with Gasteiger partial charge in [-0.1, -0.05) is 0 Å². The summed E-state index contributed by atoms with van der Waals surface area (Å²) in [7, 11) is -3.50. The molecule has 0 aliphatic carbocycles. The number of rotatable bonds is 4. The lowest BCUT2D eigenvalue weighted by Gasteiger charge is -2.23. The van der Waals surface area contributed by atoms with Gasteiger partial charge in [-0.25, -0.2) is 13.1 Å². The van der Waals surface area contributed by atoms with Gasteiger partial charge in [0, 0.05) is 12.6 Å². The molecular weight excluding hydrogens is 292 g/mol. The number of piperidine rings is 1. The number of benzene rings is 1. The van der Waals surface area contributed by atoms with Gasteiger partial charge in [-0.15, -0.1) is 0 Å². The van der Waals surface area contributed by atoms with E-state index in [4.69, 9.17) is 9.47 Å². The van der Waals surface area contributed by atoms with Crippen LogP contribution in [0, 0.1) is 5.92 Å². The minimum atomic E-state index is -3.50. The van der Waals surface area contributed by atoms with Crippen molar-refractivity contribution >= 4 is 10.0 Å². The molecule has 0 saturated carbocycles. The molecule has 1 aromatic rings. The third-order valence-electron chi connectivity index (χ3n) is 3.84. The third kappa shape index (κ3) is 3.48. The van der Waals surface area contributed by atoms with Crippen molar-refractivity contribution in [2.75, 3.05) is 32.8 Å². The largest absolute Gasteiger partial charge is 0.486 e. The van der Waals surface area contributed by atoms with Gasteiger partial charge >= 0.3 is 0 Å². The van der Waals surface area contributed by atoms with Crippen LogP contribution in [0.1, 0.15) is 12.8 Å². The van der Waals surface area contributed by atoms with E-state index in [1.165, 1.54) is 6.07 Å². The molecule has 3 rings (SSSR count). The fraction of sp³-hybridized carbons (Fsp3) is 0.571. The second-order valence-electron chi connectivity index (χ2n) is 5.35. The van der Waals surface area contributed by atoms with Crippen LogP contribution in [0.2, 0.25) is 0 Å². The smallest absolute Gasteiger partial charge is 0.240 e. The molecule has 6 nitrogen and oxygen atoms in total. The first-order valence-electron chi connectivity index (χ1n) is 7.25. The molecule has 0 atom stereocenters. The second-order valence-corrected chi connectivity index (χ2v) is 7.12. The fourth-order valence-electron chi connectivity index (χ4n) is 2.59. The average molecular weight is 312 g/mol. The molecular formula is C14H20N2O4S. The minimum absolute atomic E-state index is 0.223. The average Bonchev–Trinajstić information content (AvgIpc) is 2.53. The highest BCUT2D eigenvalue weighted by Gasteiger charge is 2.21. The maximum atomic E-state index is 12.3. The molecule has 116 valence electrons. The number of fused-ring (bicyclic) bond motifs is 1. The van der Waals surface area contributed by atoms with Crippen molar-refractivity contribution in [3.05, 3.63) is 18.2 Å². The standard InChI is InChI=1S/C14H20N2O4S/c17-21(18,16-10-11-3-5-15-6-4-11)12-1-2-13-14(9-12)20-8-7-19-13/h1-2,9,11,15-16H,3-8,10H2. The molecule has 7 heteroatoms. The summed E-state index contributed by atoms with van der Waals surface area (Å²) in [5.74, 6) is 1.49. The second kappa shape index (κ2) is 6.21. The highest BCUT2D eigenvalue weighted by atomic mass is 32.2. The van der Waals surface area contributed by atoms with Crippen molar-refractivity contribution in [1.29, 1.82) is 0 Å². The summed E-state index contributed by atoms with van der Waals surface area (Å²) < 4.78 is 38.2. The third-order valence-corrected chi connectivity index (χ3v) is 5.27. The van der Waals surface area contributed by atoms with Crippen LogP contribution in [-0.4, -0.2) is 41.3 Å². The maximum Gasteiger partial charge on any atom is 0.240 e. The van der Waals surface area contributed by atoms with Gasteiger partial charge in [-0.2, -0.15) is 0 Å². The van der Waals surface area contributed by atoms with Gasteiger partial charge in [0.05, 0.1) is 4.90 Å². The van der Waals surface area contributed by atoms with Gasteiger partial charge in [0.2, 0.25) is 10.0 Å². The summed E-state index contributed by atoms with van der Waals surface area (Å²) >= 11 is 0. The lowest BCUT2D eigenvalue weighted by atomic mass is 9.99. The predicted octanol–water partition coefficient (Wildman–Crippen LogP) is 0.736. The highest BCUT2D eigenvalue weighted by molar-refractivity contribution is 7.89. The van der Waals surface area contributed by atoms with Crippen LogP contribution < -0.4 is 19.5 Å². The topological polar surface area (TPSA) is 76.7 Å². The van der Waals surface area contributed by atoms with Crippen molar-refractivity contribution in [3.8, 4) is 11.5 Å². The molecule has 1 fully saturated rings. The van der Waals surface area contributed by atoms with E-state index in [9.17, 15) is 8.42 Å². The van der Waals surface area contributed by atoms with Gasteiger partial charge < -0.3 is 14.8 Å². The van der Waals surface area contributed by atoms with Crippen LogP contribution in [0.5, 0.6) is 11.5 Å². The number of hydrogen-bond acceptors (Lipinski definition) is 5. The first-order chi connectivity index (χ1) is 10.1. The lowest BCUT2D eigenvalue weighted by molar-refractivity contribution is 0.171. The van der Waals surface area contributed by atoms with E-state index in [1.807, 2.05) is 0 Å². The fourth-order valence-corrected chi connectivity index (χ4v) is 3.72. The molecule has 2 N–H and O–H groups in total. The molecule has 2 aliphatic heterocycles. The van der Waals surface area contributed by atoms with E-state index in [1.54, 1.807) is 12.1 Å². The van der Waals surface area contributed by atoms with Gasteiger partial charge in [0.1, 0.15) is 13.2 Å². The predicted molar refractivity (Wildman–Crippen MR) is 78.2 cm³/mol. The van der Waals surface area contributed by atoms with E-state index in [0.29, 0.717) is 37.2 Å². The summed E-state index contributed by atoms with van der Waals surface area (Å²) in [6, 6.07) is 4.73. The molecule has 21 heavy (non-hydrogen) atoms. The van der Waals surface area contributed by atoms with Crippen molar-refractivity contribution in [3.63, 3.8) is 0 Å². The summed E-state index contributed by atoms with van der Waals surface area (Å²) in [4.78, 5) is 0.223. The van der Waals surface area contributed by atoms with E-state index in [0.717, 1.165) is 25.9 Å². The summed E-state index contributed by atoms with van der Waals surface area (Å²) in [5, 5.41) is 3.27. The number of hydrogen-bond donors (Lipinski definition) is 2. The summed E-state index contributed by atoms with van der Waals surface area (Å²) in [6.45, 7) is 3.33. The van der Waals surface area contributed by atoms with Crippen LogP contribution >= 0.6 is 0 Å². The van der Waals surface area contributed by atoms with Gasteiger partial charge in [0.25, 0.3) is 0 Å². The van der Waals surface area contributed by atoms with E-state index >= 15 is 0 Å². The first-order valence-corrected chi connectivity index (χ1v) is 8.73. The Morgan fingerprint density at radius 3 is 2.62 bits per heavy atom. The SMILES string of the molecule is O=S(=O)(NCC1CCNCC1)c1ccc2c(c1)OCCO2. The number of ether oxygens (including phenoxy) is 2. The minimum Gasteiger partial charge on any atom is -0.486 e. The molecule has 0 aromatic heterocycles. The Morgan fingerprint density at radius 2 is 1.86 bits per heavy atom. The maximum absolute atomic E-state index is 12.3. The zero-order valence-electron chi connectivity index (χ0n) is 11.8. The molecule has 0 spiro atoms. The monoisotopic (exact) mass is 312 g/mol. The Bertz CT molecular complexity index is 597. The molecule has 0 bridgehead atoms. The van der Waals surface area contributed by atoms with Crippen LogP contribution in [0.4, 0.5) is 0 Å². The Morgan fingerprint density at radius 1 is 1.14 bits per heavy atom. The Hall–Kier alpha value is -1.31. The van der Waals surface area contributed by atoms with Gasteiger partial charge in [0.15, 0.2) is 11.5 Å². The molecule has 1 aromatic carbocycles. The zero-order valence-corrected chi connectivity index (χ0v) is 12.6. The van der Waals surface area contributed by atoms with Crippen molar-refractivity contribution in [2.24, 2.45) is 5.92 Å². The molecule has 0 amide bonds. The van der Waals surface area contributed by atoms with Crippen LogP contribution in [-0.2, 0) is 10.0 Å². The molecule has 2 heterocycles. The van der Waals surface area contributed by atoms with Gasteiger partial charge in [-0.3, -0.25) is 0 Å². The Labute approximate surface area is 124 Å². The molecule has 2 aliphatic rings. The first kappa shape index (κ1) is 14.6. The number of nitrogens with one attached hydrogen (secondary N) is 2. The zero-order chi connectivity index (χ0) is 14.7. The Kier molecular flexibility index (Phi) is 4.32. The van der Waals surface area contributed by atoms with Crippen LogP contribution in [0.25, 0.3) is 0 Å². The van der Waals surface area contributed by atoms with E-state index in [2.05, 4.69) is 10.0 Å². The van der Waals surface area contributed by atoms with Crippen LogP contribution in [0.3, 0.4) is 0 Å². The summed E-state index contributed by atoms with van der Waals surface area (Å²) in [5.41, 5.74) is 0. The molecule has 0 radical (unpaired) electrons. The van der Waals surface area contributed by atoms with E-state index in [-0.39, 0.29) is 4.90 Å². The van der Waals surface area contributed by atoms with Crippen LogP contribution in [0.15, 0.2) is 23.1 Å². The molecule has 1 saturated heterocycles. The normalized spacial score (nSPS) is 19.4. The van der Waals surface area contributed by atoms with E-state index < -0.39 is 10.0 Å². The molecule has 0 unspecified atom stereocenters. The number of sulfonamides is 1.